The van der Waals surface area contributed by atoms with Crippen LogP contribution in [0.5, 0.6) is 11.5 Å². The minimum Gasteiger partial charge on any atom is -0.508 e. The Bertz CT molecular complexity index is 1040. The molecule has 0 aromatic heterocycles. The van der Waals surface area contributed by atoms with Gasteiger partial charge in [0.2, 0.25) is 0 Å². The molecular weight excluding hydrogens is 418 g/mol. The smallest absolute Gasteiger partial charge is 0.295 e. The molecule has 2 fully saturated rings. The fraction of sp³-hybridized carbons (Fsp3) is 0.333. The number of phenols is 1. The summed E-state index contributed by atoms with van der Waals surface area (Å²) in [4.78, 5) is 27.8. The lowest BCUT2D eigenvalue weighted by molar-refractivity contribution is -0.141. The Morgan fingerprint density at radius 3 is 2.45 bits per heavy atom. The summed E-state index contributed by atoms with van der Waals surface area (Å²) in [7, 11) is 0. The van der Waals surface area contributed by atoms with Crippen LogP contribution in [0, 0.1) is 0 Å². The number of ketones is 1. The monoisotopic (exact) mass is 441 g/mol. The van der Waals surface area contributed by atoms with Crippen molar-refractivity contribution in [3.63, 3.8) is 0 Å². The van der Waals surface area contributed by atoms with Gasteiger partial charge in [-0.05, 0) is 55.7 Å². The number of ether oxygens (including phenoxy) is 1. The molecule has 1 saturated heterocycles. The number of carbonyl (C=O) groups excluding carboxylic acids is 2. The zero-order valence-corrected chi connectivity index (χ0v) is 17.9. The summed E-state index contributed by atoms with van der Waals surface area (Å²) >= 11 is 6.34. The van der Waals surface area contributed by atoms with E-state index in [1.54, 1.807) is 35.2 Å². The largest absolute Gasteiger partial charge is 0.508 e. The van der Waals surface area contributed by atoms with Crippen LogP contribution in [0.2, 0.25) is 5.02 Å². The number of carbonyl (C=O) groups is 2. The molecule has 1 unspecified atom stereocenters. The summed E-state index contributed by atoms with van der Waals surface area (Å²) in [6.07, 6.45) is 3.58. The molecule has 1 aliphatic heterocycles. The molecular formula is C24H24ClNO5. The van der Waals surface area contributed by atoms with Gasteiger partial charge in [0.05, 0.1) is 23.2 Å². The maximum absolute atomic E-state index is 13.1. The van der Waals surface area contributed by atoms with Crippen LogP contribution in [0.25, 0.3) is 5.76 Å². The summed E-state index contributed by atoms with van der Waals surface area (Å²) < 4.78 is 5.51. The number of benzene rings is 2. The quantitative estimate of drug-likeness (QED) is 0.395. The number of hydrogen-bond donors (Lipinski definition) is 2. The summed E-state index contributed by atoms with van der Waals surface area (Å²) in [6, 6.07) is 10.3. The molecule has 1 aliphatic carbocycles. The minimum atomic E-state index is -0.754. The van der Waals surface area contributed by atoms with Gasteiger partial charge in [0.15, 0.2) is 0 Å². The second-order valence-corrected chi connectivity index (χ2v) is 8.22. The van der Waals surface area contributed by atoms with Crippen molar-refractivity contribution < 1.29 is 24.5 Å². The van der Waals surface area contributed by atoms with Crippen LogP contribution < -0.4 is 4.74 Å². The standard InChI is InChI=1S/C24H24ClNO5/c1-2-31-17-11-12-19(25)18(13-17)22(28)20-21(14-7-9-16(27)10-8-14)26(24(30)23(20)29)15-5-3-4-6-15/h7-13,15,21,27-28H,2-6H2,1H3/b22-20+. The van der Waals surface area contributed by atoms with E-state index in [0.717, 1.165) is 25.7 Å². The summed E-state index contributed by atoms with van der Waals surface area (Å²) in [5.41, 5.74) is 0.876. The van der Waals surface area contributed by atoms with E-state index < -0.39 is 17.7 Å². The Kier molecular flexibility index (Phi) is 5.92. The molecule has 2 aromatic carbocycles. The molecule has 1 atom stereocenters. The van der Waals surface area contributed by atoms with Crippen molar-refractivity contribution in [2.45, 2.75) is 44.7 Å². The first-order chi connectivity index (χ1) is 14.9. The summed E-state index contributed by atoms with van der Waals surface area (Å²) in [5, 5.41) is 21.2. The molecule has 0 spiro atoms. The molecule has 4 rings (SSSR count). The highest BCUT2D eigenvalue weighted by atomic mass is 35.5. The lowest BCUT2D eigenvalue weighted by Crippen LogP contribution is -2.37. The van der Waals surface area contributed by atoms with E-state index in [2.05, 4.69) is 0 Å². The van der Waals surface area contributed by atoms with Gasteiger partial charge >= 0.3 is 0 Å². The molecule has 31 heavy (non-hydrogen) atoms. The van der Waals surface area contributed by atoms with Crippen LogP contribution in [0.15, 0.2) is 48.0 Å². The molecule has 7 heteroatoms. The number of nitrogens with zero attached hydrogens (tertiary/aromatic N) is 1. The number of amides is 1. The molecule has 2 aromatic rings. The lowest BCUT2D eigenvalue weighted by Gasteiger charge is -2.30. The fourth-order valence-electron chi connectivity index (χ4n) is 4.48. The average Bonchev–Trinajstić information content (AvgIpc) is 3.37. The maximum atomic E-state index is 13.1. The molecule has 1 amide bonds. The number of rotatable bonds is 5. The van der Waals surface area contributed by atoms with Crippen LogP contribution in [-0.2, 0) is 9.59 Å². The Morgan fingerprint density at radius 2 is 1.81 bits per heavy atom. The van der Waals surface area contributed by atoms with Gasteiger partial charge in [-0.25, -0.2) is 0 Å². The van der Waals surface area contributed by atoms with Crippen molar-refractivity contribution in [1.82, 2.24) is 4.90 Å². The molecule has 1 saturated carbocycles. The van der Waals surface area contributed by atoms with Crippen LogP contribution in [0.3, 0.4) is 0 Å². The van der Waals surface area contributed by atoms with E-state index in [1.165, 1.54) is 12.1 Å². The zero-order valence-electron chi connectivity index (χ0n) is 17.2. The van der Waals surface area contributed by atoms with Crippen LogP contribution in [-0.4, -0.2) is 39.5 Å². The zero-order chi connectivity index (χ0) is 22.1. The molecule has 2 aliphatic rings. The topological polar surface area (TPSA) is 87.1 Å². The lowest BCUT2D eigenvalue weighted by atomic mass is 9.94. The van der Waals surface area contributed by atoms with Crippen molar-refractivity contribution in [2.24, 2.45) is 0 Å². The second-order valence-electron chi connectivity index (χ2n) is 7.81. The van der Waals surface area contributed by atoms with E-state index >= 15 is 0 Å². The van der Waals surface area contributed by atoms with Gasteiger partial charge in [-0.3, -0.25) is 9.59 Å². The highest BCUT2D eigenvalue weighted by Crippen LogP contribution is 2.44. The first-order valence-electron chi connectivity index (χ1n) is 10.4. The predicted octanol–water partition coefficient (Wildman–Crippen LogP) is 4.81. The minimum absolute atomic E-state index is 0.00172. The van der Waals surface area contributed by atoms with E-state index in [1.807, 2.05) is 6.92 Å². The Morgan fingerprint density at radius 1 is 1.13 bits per heavy atom. The van der Waals surface area contributed by atoms with Gasteiger partial charge in [0.1, 0.15) is 17.3 Å². The highest BCUT2D eigenvalue weighted by Gasteiger charge is 2.49. The molecule has 6 nitrogen and oxygen atoms in total. The van der Waals surface area contributed by atoms with Gasteiger partial charge in [0.25, 0.3) is 11.7 Å². The third-order valence-electron chi connectivity index (χ3n) is 5.91. The van der Waals surface area contributed by atoms with Crippen molar-refractivity contribution in [2.75, 3.05) is 6.61 Å². The second kappa shape index (κ2) is 8.63. The Hall–Kier alpha value is -2.99. The third-order valence-corrected chi connectivity index (χ3v) is 6.24. The first-order valence-corrected chi connectivity index (χ1v) is 10.8. The predicted molar refractivity (Wildman–Crippen MR) is 117 cm³/mol. The number of phenolic OH excluding ortho intramolecular Hbond substituents is 1. The third kappa shape index (κ3) is 3.88. The SMILES string of the molecule is CCOc1ccc(Cl)c(/C(O)=C2\C(=O)C(=O)N(C3CCCC3)C2c2ccc(O)cc2)c1. The molecule has 162 valence electrons. The van der Waals surface area contributed by atoms with Crippen LogP contribution in [0.4, 0.5) is 0 Å². The number of likely N-dealkylation sites (tertiary alicyclic amines) is 1. The average molecular weight is 442 g/mol. The summed E-state index contributed by atoms with van der Waals surface area (Å²) in [6.45, 7) is 2.27. The van der Waals surface area contributed by atoms with E-state index in [9.17, 15) is 19.8 Å². The fourth-order valence-corrected chi connectivity index (χ4v) is 4.69. The van der Waals surface area contributed by atoms with Gasteiger partial charge in [-0.1, -0.05) is 36.6 Å². The van der Waals surface area contributed by atoms with E-state index in [4.69, 9.17) is 16.3 Å². The van der Waals surface area contributed by atoms with Crippen LogP contribution >= 0.6 is 11.6 Å². The molecule has 2 N–H and O–H groups in total. The number of hydrogen-bond acceptors (Lipinski definition) is 5. The summed E-state index contributed by atoms with van der Waals surface area (Å²) in [5.74, 6) is -1.11. The Labute approximate surface area is 185 Å². The van der Waals surface area contributed by atoms with Crippen molar-refractivity contribution in [1.29, 1.82) is 0 Å². The molecule has 1 heterocycles. The number of aromatic hydroxyl groups is 1. The van der Waals surface area contributed by atoms with Gasteiger partial charge in [-0.15, -0.1) is 0 Å². The first kappa shape index (κ1) is 21.2. The Balaban J connectivity index is 1.89. The van der Waals surface area contributed by atoms with E-state index in [-0.39, 0.29) is 33.7 Å². The van der Waals surface area contributed by atoms with E-state index in [0.29, 0.717) is 17.9 Å². The number of aliphatic hydroxyl groups excluding tert-OH is 1. The molecule has 0 bridgehead atoms. The normalized spacial score (nSPS) is 21.1. The van der Waals surface area contributed by atoms with Gasteiger partial charge in [0, 0.05) is 11.6 Å². The number of halogens is 1. The van der Waals surface area contributed by atoms with Crippen molar-refractivity contribution in [3.05, 3.63) is 64.2 Å². The number of Topliss-reactive ketones (excluding diaryl/α,β-unsaturated/α-hetero) is 1. The van der Waals surface area contributed by atoms with Gasteiger partial charge < -0.3 is 19.8 Å². The van der Waals surface area contributed by atoms with Crippen molar-refractivity contribution in [3.8, 4) is 11.5 Å². The van der Waals surface area contributed by atoms with Gasteiger partial charge in [-0.2, -0.15) is 0 Å². The molecule has 0 radical (unpaired) electrons. The highest BCUT2D eigenvalue weighted by molar-refractivity contribution is 6.47. The van der Waals surface area contributed by atoms with Crippen molar-refractivity contribution >= 4 is 29.1 Å². The number of aliphatic hydroxyl groups is 1. The maximum Gasteiger partial charge on any atom is 0.295 e. The van der Waals surface area contributed by atoms with Crippen LogP contribution in [0.1, 0.15) is 49.8 Å².